The van der Waals surface area contributed by atoms with E-state index in [4.69, 9.17) is 0 Å². The lowest BCUT2D eigenvalue weighted by molar-refractivity contribution is 0.0990. The van der Waals surface area contributed by atoms with Gasteiger partial charge < -0.3 is 9.88 Å². The quantitative estimate of drug-likeness (QED) is 0.855. The third kappa shape index (κ3) is 2.38. The SMILES string of the molecule is Cn1ccnc1CC(=O)c1ccc2c(c1)CCCN2. The highest BCUT2D eigenvalue weighted by Gasteiger charge is 2.14. The number of benzene rings is 1. The molecule has 2 heterocycles. The number of rotatable bonds is 3. The maximum absolute atomic E-state index is 12.3. The highest BCUT2D eigenvalue weighted by molar-refractivity contribution is 5.97. The Morgan fingerprint density at radius 2 is 2.37 bits per heavy atom. The smallest absolute Gasteiger partial charge is 0.170 e. The number of anilines is 1. The van der Waals surface area contributed by atoms with Gasteiger partial charge in [0.1, 0.15) is 5.82 Å². The molecule has 1 N–H and O–H groups in total. The van der Waals surface area contributed by atoms with E-state index in [0.29, 0.717) is 6.42 Å². The fourth-order valence-electron chi connectivity index (χ4n) is 2.46. The van der Waals surface area contributed by atoms with Crippen molar-refractivity contribution in [1.82, 2.24) is 9.55 Å². The van der Waals surface area contributed by atoms with Crippen molar-refractivity contribution in [2.75, 3.05) is 11.9 Å². The molecule has 1 aromatic carbocycles. The number of carbonyl (C=O) groups is 1. The topological polar surface area (TPSA) is 46.9 Å². The van der Waals surface area contributed by atoms with Crippen LogP contribution in [0.4, 0.5) is 5.69 Å². The van der Waals surface area contributed by atoms with Crippen molar-refractivity contribution in [2.24, 2.45) is 7.05 Å². The van der Waals surface area contributed by atoms with Crippen LogP contribution in [0, 0.1) is 0 Å². The Morgan fingerprint density at radius 1 is 1.47 bits per heavy atom. The van der Waals surface area contributed by atoms with Crippen molar-refractivity contribution in [3.8, 4) is 0 Å². The summed E-state index contributed by atoms with van der Waals surface area (Å²) in [6.07, 6.45) is 6.12. The second kappa shape index (κ2) is 4.88. The number of carbonyl (C=O) groups excluding carboxylic acids is 1. The number of Topliss-reactive ketones (excluding diaryl/α,β-unsaturated/α-hetero) is 1. The van der Waals surface area contributed by atoms with Crippen molar-refractivity contribution < 1.29 is 4.79 Å². The minimum absolute atomic E-state index is 0.127. The van der Waals surface area contributed by atoms with Crippen LogP contribution in [0.25, 0.3) is 0 Å². The van der Waals surface area contributed by atoms with Crippen LogP contribution >= 0.6 is 0 Å². The van der Waals surface area contributed by atoms with Crippen LogP contribution in [-0.2, 0) is 19.9 Å². The van der Waals surface area contributed by atoms with E-state index in [-0.39, 0.29) is 5.78 Å². The molecule has 4 heteroatoms. The number of hydrogen-bond donors (Lipinski definition) is 1. The molecular weight excluding hydrogens is 238 g/mol. The molecule has 4 nitrogen and oxygen atoms in total. The molecule has 1 aromatic heterocycles. The van der Waals surface area contributed by atoms with Crippen LogP contribution in [0.3, 0.4) is 0 Å². The molecule has 0 saturated heterocycles. The lowest BCUT2D eigenvalue weighted by atomic mass is 9.98. The van der Waals surface area contributed by atoms with Gasteiger partial charge in [-0.1, -0.05) is 0 Å². The van der Waals surface area contributed by atoms with Crippen molar-refractivity contribution in [3.05, 3.63) is 47.5 Å². The number of aromatic nitrogens is 2. The molecule has 0 spiro atoms. The molecule has 0 unspecified atom stereocenters. The lowest BCUT2D eigenvalue weighted by Crippen LogP contribution is -2.13. The molecular formula is C15H17N3O. The molecule has 0 amide bonds. The number of fused-ring (bicyclic) bond motifs is 1. The van der Waals surface area contributed by atoms with Gasteiger partial charge in [-0.25, -0.2) is 4.98 Å². The summed E-state index contributed by atoms with van der Waals surface area (Å²) in [5.74, 6) is 0.934. The second-order valence-electron chi connectivity index (χ2n) is 4.96. The molecule has 0 aliphatic carbocycles. The maximum Gasteiger partial charge on any atom is 0.170 e. The minimum atomic E-state index is 0.127. The van der Waals surface area contributed by atoms with Crippen LogP contribution in [0.2, 0.25) is 0 Å². The average Bonchev–Trinajstić information content (AvgIpc) is 2.84. The number of nitrogens with zero attached hydrogens (tertiary/aromatic N) is 2. The first-order valence-corrected chi connectivity index (χ1v) is 6.60. The monoisotopic (exact) mass is 255 g/mol. The van der Waals surface area contributed by atoms with Crippen molar-refractivity contribution in [1.29, 1.82) is 0 Å². The van der Waals surface area contributed by atoms with Gasteiger partial charge in [-0.3, -0.25) is 4.79 Å². The first-order valence-electron chi connectivity index (χ1n) is 6.60. The maximum atomic E-state index is 12.3. The molecule has 19 heavy (non-hydrogen) atoms. The van der Waals surface area contributed by atoms with Gasteiger partial charge in [0.15, 0.2) is 5.78 Å². The molecule has 0 radical (unpaired) electrons. The van der Waals surface area contributed by atoms with E-state index in [2.05, 4.69) is 10.3 Å². The van der Waals surface area contributed by atoms with Gasteiger partial charge in [0.2, 0.25) is 0 Å². The van der Waals surface area contributed by atoms with Gasteiger partial charge in [-0.15, -0.1) is 0 Å². The zero-order valence-electron chi connectivity index (χ0n) is 11.0. The lowest BCUT2D eigenvalue weighted by Gasteiger charge is -2.18. The Morgan fingerprint density at radius 3 is 3.16 bits per heavy atom. The summed E-state index contributed by atoms with van der Waals surface area (Å²) < 4.78 is 1.89. The summed E-state index contributed by atoms with van der Waals surface area (Å²) in [6, 6.07) is 5.94. The third-order valence-corrected chi connectivity index (χ3v) is 3.61. The van der Waals surface area contributed by atoms with Crippen LogP contribution in [0.1, 0.15) is 28.2 Å². The normalized spacial score (nSPS) is 13.7. The van der Waals surface area contributed by atoms with Crippen LogP contribution in [0.5, 0.6) is 0 Å². The van der Waals surface area contributed by atoms with E-state index in [0.717, 1.165) is 30.8 Å². The summed E-state index contributed by atoms with van der Waals surface area (Å²) in [5, 5.41) is 3.36. The summed E-state index contributed by atoms with van der Waals surface area (Å²) in [4.78, 5) is 16.5. The fourth-order valence-corrected chi connectivity index (χ4v) is 2.46. The van der Waals surface area contributed by atoms with Gasteiger partial charge in [-0.2, -0.15) is 0 Å². The van der Waals surface area contributed by atoms with E-state index in [9.17, 15) is 4.79 Å². The van der Waals surface area contributed by atoms with Gasteiger partial charge in [0.25, 0.3) is 0 Å². The van der Waals surface area contributed by atoms with Gasteiger partial charge in [0.05, 0.1) is 6.42 Å². The Balaban J connectivity index is 1.82. The first kappa shape index (κ1) is 12.0. The third-order valence-electron chi connectivity index (χ3n) is 3.61. The molecule has 1 aliphatic rings. The average molecular weight is 255 g/mol. The summed E-state index contributed by atoms with van der Waals surface area (Å²) in [7, 11) is 1.91. The standard InChI is InChI=1S/C15H17N3O/c1-18-8-7-17-15(18)10-14(19)12-4-5-13-11(9-12)3-2-6-16-13/h4-5,7-9,16H,2-3,6,10H2,1H3. The molecule has 3 rings (SSSR count). The van der Waals surface area contributed by atoms with Gasteiger partial charge in [0, 0.05) is 37.2 Å². The Bertz CT molecular complexity index is 616. The molecule has 0 saturated carbocycles. The number of imidazole rings is 1. The van der Waals surface area contributed by atoms with E-state index in [1.54, 1.807) is 6.20 Å². The second-order valence-corrected chi connectivity index (χ2v) is 4.96. The van der Waals surface area contributed by atoms with Crippen LogP contribution in [-0.4, -0.2) is 21.9 Å². The molecule has 0 bridgehead atoms. The molecule has 98 valence electrons. The van der Waals surface area contributed by atoms with Crippen molar-refractivity contribution >= 4 is 11.5 Å². The Kier molecular flexibility index (Phi) is 3.07. The van der Waals surface area contributed by atoms with Crippen LogP contribution < -0.4 is 5.32 Å². The summed E-state index contributed by atoms with van der Waals surface area (Å²) >= 11 is 0. The Labute approximate surface area is 112 Å². The number of aryl methyl sites for hydroxylation is 2. The van der Waals surface area contributed by atoms with Crippen molar-refractivity contribution in [3.63, 3.8) is 0 Å². The molecule has 1 aliphatic heterocycles. The minimum Gasteiger partial charge on any atom is -0.385 e. The van der Waals surface area contributed by atoms with E-state index in [1.807, 2.05) is 36.0 Å². The van der Waals surface area contributed by atoms with Crippen LogP contribution in [0.15, 0.2) is 30.6 Å². The van der Waals surface area contributed by atoms with Gasteiger partial charge >= 0.3 is 0 Å². The molecule has 0 atom stereocenters. The summed E-state index contributed by atoms with van der Waals surface area (Å²) in [5.41, 5.74) is 3.20. The zero-order valence-corrected chi connectivity index (χ0v) is 11.0. The fraction of sp³-hybridized carbons (Fsp3) is 0.333. The van der Waals surface area contributed by atoms with E-state index < -0.39 is 0 Å². The largest absolute Gasteiger partial charge is 0.385 e. The summed E-state index contributed by atoms with van der Waals surface area (Å²) in [6.45, 7) is 1.02. The molecule has 0 fully saturated rings. The number of ketones is 1. The first-order chi connectivity index (χ1) is 9.24. The predicted molar refractivity (Wildman–Crippen MR) is 74.5 cm³/mol. The highest BCUT2D eigenvalue weighted by Crippen LogP contribution is 2.23. The number of nitrogens with one attached hydrogen (secondary N) is 1. The van der Waals surface area contributed by atoms with Crippen molar-refractivity contribution in [2.45, 2.75) is 19.3 Å². The number of hydrogen-bond acceptors (Lipinski definition) is 3. The zero-order chi connectivity index (χ0) is 13.2. The molecule has 2 aromatic rings. The predicted octanol–water partition coefficient (Wildman–Crippen LogP) is 2.20. The van der Waals surface area contributed by atoms with E-state index >= 15 is 0 Å². The van der Waals surface area contributed by atoms with E-state index in [1.165, 1.54) is 11.3 Å². The van der Waals surface area contributed by atoms with Gasteiger partial charge in [-0.05, 0) is 36.6 Å². The Hall–Kier alpha value is -2.10. The highest BCUT2D eigenvalue weighted by atomic mass is 16.1.